The maximum atomic E-state index is 14.0. The van der Waals surface area contributed by atoms with Gasteiger partial charge in [-0.2, -0.15) is 0 Å². The second-order valence-electron chi connectivity index (χ2n) is 6.40. The molecule has 2 heterocycles. The van der Waals surface area contributed by atoms with Crippen molar-refractivity contribution >= 4 is 17.4 Å². The number of halogens is 1. The van der Waals surface area contributed by atoms with Crippen molar-refractivity contribution < 1.29 is 13.9 Å². The lowest BCUT2D eigenvalue weighted by Crippen LogP contribution is -2.15. The molecule has 0 aliphatic carbocycles. The summed E-state index contributed by atoms with van der Waals surface area (Å²) in [6.07, 6.45) is 1.83. The summed E-state index contributed by atoms with van der Waals surface area (Å²) < 4.78 is 21.0. The number of methoxy groups -OCH3 is 1. The van der Waals surface area contributed by atoms with Gasteiger partial charge in [-0.1, -0.05) is 12.1 Å². The fraction of sp³-hybridized carbons (Fsp3) is 0.0909. The summed E-state index contributed by atoms with van der Waals surface area (Å²) >= 11 is 0. The number of nitrogens with one attached hydrogen (secondary N) is 1. The third-order valence-electron chi connectivity index (χ3n) is 4.50. The standard InChI is InChI=1S/C22H18FN3O2/c1-14-11-12-26-19(13-14)24-20(15-7-9-16(28-2)10-8-15)21(26)25-22(27)17-5-3-4-6-18(17)23/h3-13H,1-2H3,(H,25,27). The SMILES string of the molecule is COc1ccc(-c2nc3cc(C)ccn3c2NC(=O)c2ccccc2F)cc1. The minimum atomic E-state index is -0.573. The van der Waals surface area contributed by atoms with E-state index in [2.05, 4.69) is 10.3 Å². The molecule has 2 aromatic carbocycles. The highest BCUT2D eigenvalue weighted by atomic mass is 19.1. The Morgan fingerprint density at radius 2 is 1.86 bits per heavy atom. The molecule has 1 N–H and O–H groups in total. The van der Waals surface area contributed by atoms with E-state index in [-0.39, 0.29) is 5.56 Å². The molecule has 0 fully saturated rings. The summed E-state index contributed by atoms with van der Waals surface area (Å²) in [7, 11) is 1.60. The summed E-state index contributed by atoms with van der Waals surface area (Å²) in [6, 6.07) is 17.1. The van der Waals surface area contributed by atoms with Gasteiger partial charge < -0.3 is 10.1 Å². The van der Waals surface area contributed by atoms with Crippen LogP contribution in [0.15, 0.2) is 66.9 Å². The number of amides is 1. The van der Waals surface area contributed by atoms with Gasteiger partial charge in [-0.15, -0.1) is 0 Å². The van der Waals surface area contributed by atoms with Gasteiger partial charge in [-0.05, 0) is 61.0 Å². The Bertz CT molecular complexity index is 1170. The lowest BCUT2D eigenvalue weighted by atomic mass is 10.1. The molecule has 0 saturated carbocycles. The molecule has 5 nitrogen and oxygen atoms in total. The first-order valence-corrected chi connectivity index (χ1v) is 8.76. The predicted octanol–water partition coefficient (Wildman–Crippen LogP) is 4.71. The van der Waals surface area contributed by atoms with Crippen molar-refractivity contribution in [2.75, 3.05) is 12.4 Å². The number of rotatable bonds is 4. The Morgan fingerprint density at radius 1 is 1.11 bits per heavy atom. The number of aryl methyl sites for hydroxylation is 1. The number of benzene rings is 2. The summed E-state index contributed by atoms with van der Waals surface area (Å²) in [5, 5.41) is 2.83. The van der Waals surface area contributed by atoms with E-state index in [0.29, 0.717) is 17.2 Å². The van der Waals surface area contributed by atoms with E-state index in [4.69, 9.17) is 4.74 Å². The molecule has 0 aliphatic heterocycles. The largest absolute Gasteiger partial charge is 0.497 e. The number of carbonyl (C=O) groups excluding carboxylic acids is 1. The first-order valence-electron chi connectivity index (χ1n) is 8.76. The maximum absolute atomic E-state index is 14.0. The van der Waals surface area contributed by atoms with Crippen molar-refractivity contribution in [2.45, 2.75) is 6.92 Å². The molecule has 0 radical (unpaired) electrons. The zero-order valence-corrected chi connectivity index (χ0v) is 15.4. The quantitative estimate of drug-likeness (QED) is 0.562. The second kappa shape index (κ2) is 7.15. The van der Waals surface area contributed by atoms with Gasteiger partial charge in [0, 0.05) is 11.8 Å². The van der Waals surface area contributed by atoms with Crippen LogP contribution in [0, 0.1) is 12.7 Å². The third-order valence-corrected chi connectivity index (χ3v) is 4.50. The van der Waals surface area contributed by atoms with Gasteiger partial charge in [-0.25, -0.2) is 9.37 Å². The van der Waals surface area contributed by atoms with Gasteiger partial charge in [0.1, 0.15) is 28.7 Å². The number of pyridine rings is 1. The zero-order chi connectivity index (χ0) is 19.7. The lowest BCUT2D eigenvalue weighted by Gasteiger charge is -2.09. The molecule has 2 aromatic heterocycles. The molecule has 1 amide bonds. The van der Waals surface area contributed by atoms with Crippen LogP contribution >= 0.6 is 0 Å². The third kappa shape index (κ3) is 3.20. The first kappa shape index (κ1) is 17.7. The number of aromatic nitrogens is 2. The second-order valence-corrected chi connectivity index (χ2v) is 6.40. The van der Waals surface area contributed by atoms with Crippen molar-refractivity contribution in [3.8, 4) is 17.0 Å². The predicted molar refractivity (Wildman–Crippen MR) is 106 cm³/mol. The highest BCUT2D eigenvalue weighted by molar-refractivity contribution is 6.06. The van der Waals surface area contributed by atoms with Gasteiger partial charge in [-0.3, -0.25) is 9.20 Å². The fourth-order valence-electron chi connectivity index (χ4n) is 3.04. The summed E-state index contributed by atoms with van der Waals surface area (Å²) in [5.74, 6) is 0.0969. The van der Waals surface area contributed by atoms with Gasteiger partial charge in [0.05, 0.1) is 12.7 Å². The van der Waals surface area contributed by atoms with Crippen molar-refractivity contribution in [1.82, 2.24) is 9.38 Å². The Balaban J connectivity index is 1.83. The lowest BCUT2D eigenvalue weighted by molar-refractivity contribution is 0.102. The minimum Gasteiger partial charge on any atom is -0.497 e. The normalized spacial score (nSPS) is 10.8. The highest BCUT2D eigenvalue weighted by Gasteiger charge is 2.19. The molecule has 0 bridgehead atoms. The molecule has 140 valence electrons. The average molecular weight is 375 g/mol. The molecule has 0 atom stereocenters. The number of ether oxygens (including phenoxy) is 1. The smallest absolute Gasteiger partial charge is 0.259 e. The van der Waals surface area contributed by atoms with Crippen molar-refractivity contribution in [2.24, 2.45) is 0 Å². The molecule has 0 spiro atoms. The number of hydrogen-bond acceptors (Lipinski definition) is 3. The van der Waals surface area contributed by atoms with Crippen LogP contribution < -0.4 is 10.1 Å². The van der Waals surface area contributed by atoms with E-state index in [1.54, 1.807) is 23.6 Å². The van der Waals surface area contributed by atoms with Crippen LogP contribution in [0.4, 0.5) is 10.2 Å². The van der Waals surface area contributed by atoms with E-state index in [1.165, 1.54) is 12.1 Å². The molecule has 0 aliphatic rings. The maximum Gasteiger partial charge on any atom is 0.259 e. The van der Waals surface area contributed by atoms with Crippen molar-refractivity contribution in [3.63, 3.8) is 0 Å². The summed E-state index contributed by atoms with van der Waals surface area (Å²) in [4.78, 5) is 17.4. The first-order chi connectivity index (χ1) is 13.6. The van der Waals surface area contributed by atoms with Crippen LogP contribution in [0.25, 0.3) is 16.9 Å². The molecule has 6 heteroatoms. The van der Waals surface area contributed by atoms with Gasteiger partial charge >= 0.3 is 0 Å². The van der Waals surface area contributed by atoms with E-state index in [1.807, 2.05) is 49.5 Å². The number of hydrogen-bond donors (Lipinski definition) is 1. The van der Waals surface area contributed by atoms with Gasteiger partial charge in [0.15, 0.2) is 0 Å². The van der Waals surface area contributed by atoms with E-state index in [0.717, 1.165) is 16.9 Å². The van der Waals surface area contributed by atoms with Crippen LogP contribution in [-0.4, -0.2) is 22.4 Å². The number of anilines is 1. The Morgan fingerprint density at radius 3 is 2.57 bits per heavy atom. The number of imidazole rings is 1. The molecule has 4 rings (SSSR count). The topological polar surface area (TPSA) is 55.6 Å². The Kier molecular flexibility index (Phi) is 4.53. The van der Waals surface area contributed by atoms with Crippen molar-refractivity contribution in [3.05, 3.63) is 83.8 Å². The molecule has 28 heavy (non-hydrogen) atoms. The minimum absolute atomic E-state index is 0.0229. The van der Waals surface area contributed by atoms with E-state index in [9.17, 15) is 9.18 Å². The molecular weight excluding hydrogens is 357 g/mol. The molecule has 0 unspecified atom stereocenters. The molecule has 4 aromatic rings. The number of carbonyl (C=O) groups is 1. The van der Waals surface area contributed by atoms with Crippen molar-refractivity contribution in [1.29, 1.82) is 0 Å². The van der Waals surface area contributed by atoms with E-state index >= 15 is 0 Å². The number of fused-ring (bicyclic) bond motifs is 1. The van der Waals surface area contributed by atoms with Crippen LogP contribution in [0.5, 0.6) is 5.75 Å². The Hall–Kier alpha value is -3.67. The monoisotopic (exact) mass is 375 g/mol. The van der Waals surface area contributed by atoms with Gasteiger partial charge in [0.25, 0.3) is 5.91 Å². The number of nitrogens with zero attached hydrogens (tertiary/aromatic N) is 2. The summed E-state index contributed by atoms with van der Waals surface area (Å²) in [5.41, 5.74) is 3.12. The Labute approximate surface area is 161 Å². The molecular formula is C22H18FN3O2. The van der Waals surface area contributed by atoms with Crippen LogP contribution in [0.2, 0.25) is 0 Å². The zero-order valence-electron chi connectivity index (χ0n) is 15.4. The van der Waals surface area contributed by atoms with Gasteiger partial charge in [0.2, 0.25) is 0 Å². The van der Waals surface area contributed by atoms with Crippen LogP contribution in [-0.2, 0) is 0 Å². The van der Waals surface area contributed by atoms with E-state index < -0.39 is 11.7 Å². The average Bonchev–Trinajstić information content (AvgIpc) is 3.05. The molecule has 0 saturated heterocycles. The fourth-order valence-corrected chi connectivity index (χ4v) is 3.04. The van der Waals surface area contributed by atoms with Crippen LogP contribution in [0.3, 0.4) is 0 Å². The van der Waals surface area contributed by atoms with Crippen LogP contribution in [0.1, 0.15) is 15.9 Å². The summed E-state index contributed by atoms with van der Waals surface area (Å²) in [6.45, 7) is 1.97. The highest BCUT2D eigenvalue weighted by Crippen LogP contribution is 2.31.